The van der Waals surface area contributed by atoms with E-state index in [1.54, 1.807) is 24.3 Å². The molecule has 78 valence electrons. The van der Waals surface area contributed by atoms with E-state index in [0.717, 1.165) is 0 Å². The molecule has 1 amide bonds. The van der Waals surface area contributed by atoms with Crippen molar-refractivity contribution in [3.63, 3.8) is 0 Å². The smallest absolute Gasteiger partial charge is 0.410 e. The van der Waals surface area contributed by atoms with Crippen LogP contribution < -0.4 is 10.1 Å². The summed E-state index contributed by atoms with van der Waals surface area (Å²) in [6, 6.07) is 8.80. The van der Waals surface area contributed by atoms with Crippen LogP contribution in [0.25, 0.3) is 0 Å². The Bertz CT molecular complexity index is 354. The molecular weight excluding hydrogens is 190 g/mol. The minimum absolute atomic E-state index is 0.0776. The van der Waals surface area contributed by atoms with E-state index in [1.807, 2.05) is 13.0 Å². The molecule has 0 saturated carbocycles. The first-order chi connectivity index (χ1) is 7.22. The summed E-state index contributed by atoms with van der Waals surface area (Å²) in [7, 11) is 0. The molecule has 0 bridgehead atoms. The number of terminal acetylenes is 1. The molecule has 0 saturated heterocycles. The average Bonchev–Trinajstić information content (AvgIpc) is 2.19. The quantitative estimate of drug-likeness (QED) is 0.765. The van der Waals surface area contributed by atoms with Gasteiger partial charge in [0.25, 0.3) is 0 Å². The highest BCUT2D eigenvalue weighted by atomic mass is 16.6. The summed E-state index contributed by atoms with van der Waals surface area (Å²) in [6.45, 7) is 1.83. The molecule has 0 aliphatic heterocycles. The molecule has 1 aromatic rings. The van der Waals surface area contributed by atoms with E-state index in [-0.39, 0.29) is 6.04 Å². The van der Waals surface area contributed by atoms with E-state index < -0.39 is 6.09 Å². The molecular formula is C12H13NO2. The highest BCUT2D eigenvalue weighted by Crippen LogP contribution is 2.08. The number of hydrogen-bond acceptors (Lipinski definition) is 2. The summed E-state index contributed by atoms with van der Waals surface area (Å²) >= 11 is 0. The van der Waals surface area contributed by atoms with Crippen molar-refractivity contribution in [2.24, 2.45) is 0 Å². The van der Waals surface area contributed by atoms with Crippen LogP contribution in [0.15, 0.2) is 30.3 Å². The van der Waals surface area contributed by atoms with Gasteiger partial charge in [-0.3, -0.25) is 0 Å². The molecule has 0 heterocycles. The van der Waals surface area contributed by atoms with Gasteiger partial charge < -0.3 is 10.1 Å². The molecule has 0 fully saturated rings. The van der Waals surface area contributed by atoms with E-state index >= 15 is 0 Å². The minimum atomic E-state index is -0.482. The molecule has 1 rings (SSSR count). The Morgan fingerprint density at radius 1 is 1.53 bits per heavy atom. The Labute approximate surface area is 89.4 Å². The zero-order valence-corrected chi connectivity index (χ0v) is 8.57. The third kappa shape index (κ3) is 4.19. The van der Waals surface area contributed by atoms with Crippen molar-refractivity contribution < 1.29 is 9.53 Å². The van der Waals surface area contributed by atoms with Crippen molar-refractivity contribution in [3.8, 4) is 18.1 Å². The summed E-state index contributed by atoms with van der Waals surface area (Å²) < 4.78 is 5.01. The Kier molecular flexibility index (Phi) is 4.24. The Morgan fingerprint density at radius 3 is 2.80 bits per heavy atom. The monoisotopic (exact) mass is 203 g/mol. The number of carbonyl (C=O) groups is 1. The fourth-order valence-electron chi connectivity index (χ4n) is 1.05. The van der Waals surface area contributed by atoms with E-state index in [0.29, 0.717) is 12.2 Å². The maximum absolute atomic E-state index is 11.3. The fourth-order valence-corrected chi connectivity index (χ4v) is 1.05. The molecule has 1 aromatic carbocycles. The third-order valence-electron chi connectivity index (χ3n) is 1.74. The molecule has 3 nitrogen and oxygen atoms in total. The lowest BCUT2D eigenvalue weighted by atomic mass is 10.2. The van der Waals surface area contributed by atoms with E-state index in [1.165, 1.54) is 0 Å². The standard InChI is InChI=1S/C12H13NO2/c1-3-7-10(2)13-12(14)15-11-8-5-4-6-9-11/h1,4-6,8-10H,7H2,2H3,(H,13,14). The number of rotatable bonds is 3. The van der Waals surface area contributed by atoms with Crippen LogP contribution in [-0.4, -0.2) is 12.1 Å². The van der Waals surface area contributed by atoms with Crippen molar-refractivity contribution in [1.29, 1.82) is 0 Å². The van der Waals surface area contributed by atoms with Crippen LogP contribution in [0.4, 0.5) is 4.79 Å². The normalized spacial score (nSPS) is 11.2. The van der Waals surface area contributed by atoms with Crippen LogP contribution >= 0.6 is 0 Å². The van der Waals surface area contributed by atoms with Gasteiger partial charge in [0.15, 0.2) is 0 Å². The first-order valence-electron chi connectivity index (χ1n) is 4.69. The van der Waals surface area contributed by atoms with Gasteiger partial charge in [-0.15, -0.1) is 12.3 Å². The van der Waals surface area contributed by atoms with Gasteiger partial charge in [0.05, 0.1) is 0 Å². The van der Waals surface area contributed by atoms with Crippen molar-refractivity contribution in [3.05, 3.63) is 30.3 Å². The maximum atomic E-state index is 11.3. The fraction of sp³-hybridized carbons (Fsp3) is 0.250. The molecule has 15 heavy (non-hydrogen) atoms. The Hall–Kier alpha value is -1.95. The summed E-state index contributed by atoms with van der Waals surface area (Å²) in [6.07, 6.45) is 5.12. The summed E-state index contributed by atoms with van der Waals surface area (Å²) in [5, 5.41) is 2.63. The van der Waals surface area contributed by atoms with Gasteiger partial charge in [-0.2, -0.15) is 0 Å². The first kappa shape index (κ1) is 11.1. The molecule has 0 aliphatic rings. The molecule has 0 aromatic heterocycles. The number of benzene rings is 1. The van der Waals surface area contributed by atoms with Gasteiger partial charge in [-0.25, -0.2) is 4.79 Å². The van der Waals surface area contributed by atoms with E-state index in [9.17, 15) is 4.79 Å². The lowest BCUT2D eigenvalue weighted by Gasteiger charge is -2.10. The van der Waals surface area contributed by atoms with Crippen LogP contribution in [0.3, 0.4) is 0 Å². The second-order valence-corrected chi connectivity index (χ2v) is 3.16. The lowest BCUT2D eigenvalue weighted by Crippen LogP contribution is -2.34. The first-order valence-corrected chi connectivity index (χ1v) is 4.69. The zero-order valence-electron chi connectivity index (χ0n) is 8.57. The largest absolute Gasteiger partial charge is 0.412 e. The molecule has 1 atom stereocenters. The molecule has 0 aliphatic carbocycles. The van der Waals surface area contributed by atoms with Gasteiger partial charge in [0.1, 0.15) is 5.75 Å². The Morgan fingerprint density at radius 2 is 2.20 bits per heavy atom. The van der Waals surface area contributed by atoms with E-state index in [4.69, 9.17) is 11.2 Å². The van der Waals surface area contributed by atoms with Gasteiger partial charge in [-0.1, -0.05) is 18.2 Å². The van der Waals surface area contributed by atoms with Crippen LogP contribution in [0.2, 0.25) is 0 Å². The van der Waals surface area contributed by atoms with Crippen LogP contribution in [-0.2, 0) is 0 Å². The topological polar surface area (TPSA) is 38.3 Å². The minimum Gasteiger partial charge on any atom is -0.410 e. The molecule has 0 radical (unpaired) electrons. The van der Waals surface area contributed by atoms with Crippen molar-refractivity contribution in [1.82, 2.24) is 5.32 Å². The number of ether oxygens (including phenoxy) is 1. The predicted molar refractivity (Wildman–Crippen MR) is 58.5 cm³/mol. The highest BCUT2D eigenvalue weighted by molar-refractivity contribution is 5.70. The number of nitrogens with one attached hydrogen (secondary N) is 1. The number of hydrogen-bond donors (Lipinski definition) is 1. The molecule has 1 N–H and O–H groups in total. The SMILES string of the molecule is C#CCC(C)NC(=O)Oc1ccccc1. The van der Waals surface area contributed by atoms with Gasteiger partial charge in [0.2, 0.25) is 0 Å². The van der Waals surface area contributed by atoms with E-state index in [2.05, 4.69) is 11.2 Å². The van der Waals surface area contributed by atoms with Crippen molar-refractivity contribution in [2.45, 2.75) is 19.4 Å². The van der Waals surface area contributed by atoms with Gasteiger partial charge in [0, 0.05) is 12.5 Å². The van der Waals surface area contributed by atoms with Crippen molar-refractivity contribution in [2.75, 3.05) is 0 Å². The second kappa shape index (κ2) is 5.71. The predicted octanol–water partition coefficient (Wildman–Crippen LogP) is 2.19. The second-order valence-electron chi connectivity index (χ2n) is 3.16. The molecule has 3 heteroatoms. The lowest BCUT2D eigenvalue weighted by molar-refractivity contribution is 0.197. The van der Waals surface area contributed by atoms with Gasteiger partial charge in [-0.05, 0) is 19.1 Å². The van der Waals surface area contributed by atoms with Gasteiger partial charge >= 0.3 is 6.09 Å². The zero-order chi connectivity index (χ0) is 11.1. The average molecular weight is 203 g/mol. The van der Waals surface area contributed by atoms with Crippen LogP contribution in [0.5, 0.6) is 5.75 Å². The van der Waals surface area contributed by atoms with Crippen LogP contribution in [0.1, 0.15) is 13.3 Å². The number of amides is 1. The Balaban J connectivity index is 2.41. The highest BCUT2D eigenvalue weighted by Gasteiger charge is 2.07. The van der Waals surface area contributed by atoms with Crippen LogP contribution in [0, 0.1) is 12.3 Å². The maximum Gasteiger partial charge on any atom is 0.412 e. The summed E-state index contributed by atoms with van der Waals surface area (Å²) in [5.74, 6) is 2.98. The summed E-state index contributed by atoms with van der Waals surface area (Å²) in [5.41, 5.74) is 0. The molecule has 1 unspecified atom stereocenters. The summed E-state index contributed by atoms with van der Waals surface area (Å²) in [4.78, 5) is 11.3. The molecule has 0 spiro atoms. The van der Waals surface area contributed by atoms with Crippen molar-refractivity contribution >= 4 is 6.09 Å². The number of para-hydroxylation sites is 1. The number of carbonyl (C=O) groups excluding carboxylic acids is 1. The third-order valence-corrected chi connectivity index (χ3v) is 1.74.